The van der Waals surface area contributed by atoms with E-state index in [9.17, 15) is 27.6 Å². The zero-order chi connectivity index (χ0) is 21.7. The molecule has 0 aliphatic carbocycles. The number of benzene rings is 2. The Balaban J connectivity index is 1.53. The number of aryl methyl sites for hydroxylation is 1. The molecule has 0 bridgehead atoms. The molecule has 0 aliphatic rings. The number of hydrogen-bond acceptors (Lipinski definition) is 5. The van der Waals surface area contributed by atoms with Crippen LogP contribution in [0.3, 0.4) is 0 Å². The molecule has 0 unspecified atom stereocenters. The van der Waals surface area contributed by atoms with E-state index in [2.05, 4.69) is 15.3 Å². The van der Waals surface area contributed by atoms with Crippen LogP contribution in [0.2, 0.25) is 0 Å². The Morgan fingerprint density at radius 2 is 1.77 bits per heavy atom. The second-order valence-corrected chi connectivity index (χ2v) is 6.28. The fourth-order valence-corrected chi connectivity index (χ4v) is 2.72. The van der Waals surface area contributed by atoms with Gasteiger partial charge in [0.1, 0.15) is 5.82 Å². The average molecular weight is 419 g/mol. The van der Waals surface area contributed by atoms with Crippen LogP contribution in [-0.2, 0) is 26.9 Å². The number of hydrogen-bond donors (Lipinski definition) is 2. The third kappa shape index (κ3) is 5.22. The highest BCUT2D eigenvalue weighted by molar-refractivity contribution is 5.93. The second-order valence-electron chi connectivity index (χ2n) is 6.28. The molecule has 10 heteroatoms. The van der Waals surface area contributed by atoms with Gasteiger partial charge >= 0.3 is 12.1 Å². The van der Waals surface area contributed by atoms with E-state index in [0.717, 1.165) is 12.1 Å². The molecule has 0 fully saturated rings. The predicted octanol–water partition coefficient (Wildman–Crippen LogP) is 3.06. The van der Waals surface area contributed by atoms with Crippen LogP contribution in [0.4, 0.5) is 18.9 Å². The number of ether oxygens (including phenoxy) is 1. The quantitative estimate of drug-likeness (QED) is 0.598. The van der Waals surface area contributed by atoms with Crippen molar-refractivity contribution >= 4 is 28.5 Å². The summed E-state index contributed by atoms with van der Waals surface area (Å²) in [7, 11) is 0. The number of alkyl halides is 3. The van der Waals surface area contributed by atoms with E-state index < -0.39 is 35.9 Å². The van der Waals surface area contributed by atoms with Crippen molar-refractivity contribution in [2.24, 2.45) is 0 Å². The zero-order valence-electron chi connectivity index (χ0n) is 15.5. The number of anilines is 1. The number of nitrogens with one attached hydrogen (secondary N) is 2. The Bertz CT molecular complexity index is 1140. The van der Waals surface area contributed by atoms with Gasteiger partial charge in [-0.1, -0.05) is 24.3 Å². The predicted molar refractivity (Wildman–Crippen MR) is 102 cm³/mol. The first-order valence-corrected chi connectivity index (χ1v) is 8.83. The van der Waals surface area contributed by atoms with E-state index in [4.69, 9.17) is 4.74 Å². The molecule has 1 aromatic heterocycles. The van der Waals surface area contributed by atoms with Crippen molar-refractivity contribution in [2.75, 3.05) is 11.9 Å². The lowest BCUT2D eigenvalue weighted by atomic mass is 10.1. The van der Waals surface area contributed by atoms with Crippen LogP contribution in [0.15, 0.2) is 53.3 Å². The minimum Gasteiger partial charge on any atom is -0.456 e. The van der Waals surface area contributed by atoms with Crippen molar-refractivity contribution in [1.82, 2.24) is 9.97 Å². The number of amides is 1. The van der Waals surface area contributed by atoms with Crippen molar-refractivity contribution in [2.45, 2.75) is 19.0 Å². The lowest BCUT2D eigenvalue weighted by Crippen LogP contribution is -2.23. The van der Waals surface area contributed by atoms with Crippen molar-refractivity contribution in [3.05, 3.63) is 70.3 Å². The molecular weight excluding hydrogens is 403 g/mol. The number of rotatable bonds is 6. The second kappa shape index (κ2) is 8.76. The van der Waals surface area contributed by atoms with E-state index in [-0.39, 0.29) is 24.2 Å². The number of fused-ring (bicyclic) bond motifs is 1. The van der Waals surface area contributed by atoms with Gasteiger partial charge in [0.05, 0.1) is 28.6 Å². The molecule has 0 atom stereocenters. The van der Waals surface area contributed by atoms with E-state index in [1.807, 2.05) is 0 Å². The normalized spacial score (nSPS) is 11.3. The summed E-state index contributed by atoms with van der Waals surface area (Å²) in [5, 5.41) is 2.49. The molecule has 1 amide bonds. The number of H-pyrrole nitrogens is 1. The van der Waals surface area contributed by atoms with Crippen LogP contribution < -0.4 is 10.9 Å². The zero-order valence-corrected chi connectivity index (χ0v) is 15.5. The Hall–Kier alpha value is -3.69. The maximum Gasteiger partial charge on any atom is 0.418 e. The number of carbonyl (C=O) groups is 2. The maximum absolute atomic E-state index is 12.9. The molecular formula is C20H16F3N3O4. The van der Waals surface area contributed by atoms with Crippen LogP contribution in [0, 0.1) is 0 Å². The van der Waals surface area contributed by atoms with Crippen LogP contribution >= 0.6 is 0 Å². The molecule has 156 valence electrons. The summed E-state index contributed by atoms with van der Waals surface area (Å²) < 4.78 is 43.6. The molecule has 0 saturated heterocycles. The Labute approximate surface area is 167 Å². The third-order valence-corrected chi connectivity index (χ3v) is 4.10. The first kappa shape index (κ1) is 21.0. The van der Waals surface area contributed by atoms with Crippen molar-refractivity contribution in [3.8, 4) is 0 Å². The molecule has 0 aliphatic heterocycles. The number of halogens is 3. The van der Waals surface area contributed by atoms with Gasteiger partial charge in [0.2, 0.25) is 0 Å². The maximum atomic E-state index is 12.9. The minimum absolute atomic E-state index is 0.0669. The van der Waals surface area contributed by atoms with Gasteiger partial charge in [0, 0.05) is 6.42 Å². The van der Waals surface area contributed by atoms with Crippen LogP contribution in [0.1, 0.15) is 17.8 Å². The topological polar surface area (TPSA) is 101 Å². The minimum atomic E-state index is -4.63. The number of esters is 1. The number of aromatic amines is 1. The highest BCUT2D eigenvalue weighted by Gasteiger charge is 2.33. The Morgan fingerprint density at radius 1 is 1.07 bits per heavy atom. The summed E-state index contributed by atoms with van der Waals surface area (Å²) in [4.78, 5) is 42.5. The summed E-state index contributed by atoms with van der Waals surface area (Å²) in [6, 6.07) is 11.2. The highest BCUT2D eigenvalue weighted by Crippen LogP contribution is 2.34. The van der Waals surface area contributed by atoms with Gasteiger partial charge in [-0.2, -0.15) is 13.2 Å². The number of nitrogens with zero attached hydrogens (tertiary/aromatic N) is 1. The van der Waals surface area contributed by atoms with Crippen molar-refractivity contribution in [1.29, 1.82) is 0 Å². The van der Waals surface area contributed by atoms with Crippen molar-refractivity contribution < 1.29 is 27.5 Å². The first-order valence-electron chi connectivity index (χ1n) is 8.83. The van der Waals surface area contributed by atoms with Gasteiger partial charge in [0.15, 0.2) is 6.61 Å². The smallest absolute Gasteiger partial charge is 0.418 e. The van der Waals surface area contributed by atoms with E-state index in [1.165, 1.54) is 12.1 Å². The standard InChI is InChI=1S/C20H16F3N3O4/c21-20(22,23)13-6-2-4-8-15(13)25-17(27)11-30-18(28)10-9-16-24-14-7-3-1-5-12(14)19(29)26-16/h1-8H,9-11H2,(H,25,27)(H,24,26,29). The molecule has 3 aromatic rings. The van der Waals surface area contributed by atoms with Gasteiger partial charge < -0.3 is 15.0 Å². The van der Waals surface area contributed by atoms with Crippen molar-refractivity contribution in [3.63, 3.8) is 0 Å². The molecule has 30 heavy (non-hydrogen) atoms. The van der Waals surface area contributed by atoms with E-state index in [1.54, 1.807) is 24.3 Å². The summed E-state index contributed by atoms with van der Waals surface area (Å²) in [5.74, 6) is -1.39. The molecule has 1 heterocycles. The van der Waals surface area contributed by atoms with E-state index in [0.29, 0.717) is 10.9 Å². The van der Waals surface area contributed by atoms with Crippen LogP contribution in [0.5, 0.6) is 0 Å². The number of carbonyl (C=O) groups excluding carboxylic acids is 2. The molecule has 7 nitrogen and oxygen atoms in total. The third-order valence-electron chi connectivity index (χ3n) is 4.10. The van der Waals surface area contributed by atoms with Gasteiger partial charge in [0.25, 0.3) is 11.5 Å². The lowest BCUT2D eigenvalue weighted by Gasteiger charge is -2.13. The Morgan fingerprint density at radius 3 is 2.53 bits per heavy atom. The largest absolute Gasteiger partial charge is 0.456 e. The fourth-order valence-electron chi connectivity index (χ4n) is 2.72. The molecule has 0 spiro atoms. The van der Waals surface area contributed by atoms with Gasteiger partial charge in [-0.3, -0.25) is 14.4 Å². The summed E-state index contributed by atoms with van der Waals surface area (Å²) in [6.45, 7) is -0.743. The number of para-hydroxylation sites is 2. The van der Waals surface area contributed by atoms with E-state index >= 15 is 0 Å². The molecule has 3 rings (SSSR count). The Kier molecular flexibility index (Phi) is 6.14. The van der Waals surface area contributed by atoms with Gasteiger partial charge in [-0.15, -0.1) is 0 Å². The monoisotopic (exact) mass is 419 g/mol. The SMILES string of the molecule is O=C(COC(=O)CCc1nc2ccccc2c(=O)[nH]1)Nc1ccccc1C(F)(F)F. The highest BCUT2D eigenvalue weighted by atomic mass is 19.4. The molecule has 0 saturated carbocycles. The molecule has 2 aromatic carbocycles. The van der Waals surface area contributed by atoms with Crippen LogP contribution in [0.25, 0.3) is 10.9 Å². The van der Waals surface area contributed by atoms with Crippen LogP contribution in [-0.4, -0.2) is 28.5 Å². The number of aromatic nitrogens is 2. The van der Waals surface area contributed by atoms with Gasteiger partial charge in [-0.05, 0) is 24.3 Å². The average Bonchev–Trinajstić information content (AvgIpc) is 2.70. The summed E-state index contributed by atoms with van der Waals surface area (Å²) in [5.41, 5.74) is -1.29. The first-order chi connectivity index (χ1) is 14.2. The summed E-state index contributed by atoms with van der Waals surface area (Å²) >= 11 is 0. The molecule has 0 radical (unpaired) electrons. The summed E-state index contributed by atoms with van der Waals surface area (Å²) in [6.07, 6.45) is -4.74. The fraction of sp³-hybridized carbons (Fsp3) is 0.200. The molecule has 2 N–H and O–H groups in total. The lowest BCUT2D eigenvalue weighted by molar-refractivity contribution is -0.147. The van der Waals surface area contributed by atoms with Gasteiger partial charge in [-0.25, -0.2) is 4.98 Å².